The van der Waals surface area contributed by atoms with E-state index in [9.17, 15) is 4.79 Å². The van der Waals surface area contributed by atoms with Gasteiger partial charge in [0.2, 0.25) is 5.91 Å². The van der Waals surface area contributed by atoms with Gasteiger partial charge in [-0.25, -0.2) is 4.99 Å². The molecule has 0 spiro atoms. The van der Waals surface area contributed by atoms with Gasteiger partial charge in [-0.15, -0.1) is 0 Å². The summed E-state index contributed by atoms with van der Waals surface area (Å²) in [5, 5.41) is 9.28. The Kier molecular flexibility index (Phi) is 10.4. The molecular weight excluding hydrogens is 306 g/mol. The smallest absolute Gasteiger partial charge is 0.241 e. The highest BCUT2D eigenvalue weighted by Gasteiger charge is 2.21. The number of rotatable bonds is 9. The number of carbonyl (C=O) groups is 1. The van der Waals surface area contributed by atoms with Crippen LogP contribution in [0.4, 0.5) is 0 Å². The lowest BCUT2D eigenvalue weighted by molar-refractivity contribution is -0.119. The number of nitrogens with one attached hydrogen (secondary N) is 3. The zero-order valence-electron chi connectivity index (χ0n) is 15.7. The third-order valence-electron chi connectivity index (χ3n) is 3.64. The molecule has 140 valence electrons. The van der Waals surface area contributed by atoms with Crippen LogP contribution in [0.3, 0.4) is 0 Å². The van der Waals surface area contributed by atoms with Gasteiger partial charge in [-0.1, -0.05) is 20.8 Å². The van der Waals surface area contributed by atoms with Gasteiger partial charge in [0.15, 0.2) is 5.96 Å². The summed E-state index contributed by atoms with van der Waals surface area (Å²) in [6, 6.07) is 0. The van der Waals surface area contributed by atoms with E-state index in [2.05, 4.69) is 39.7 Å². The van der Waals surface area contributed by atoms with Crippen molar-refractivity contribution in [1.82, 2.24) is 20.9 Å². The summed E-state index contributed by atoms with van der Waals surface area (Å²) >= 11 is 0. The molecule has 1 aliphatic rings. The fourth-order valence-corrected chi connectivity index (χ4v) is 2.61. The molecule has 1 fully saturated rings. The van der Waals surface area contributed by atoms with E-state index in [0.29, 0.717) is 25.0 Å². The first-order chi connectivity index (χ1) is 11.5. The fourth-order valence-electron chi connectivity index (χ4n) is 2.61. The van der Waals surface area contributed by atoms with Crippen molar-refractivity contribution >= 4 is 11.9 Å². The van der Waals surface area contributed by atoms with Crippen LogP contribution in [0.15, 0.2) is 4.99 Å². The van der Waals surface area contributed by atoms with Crippen molar-refractivity contribution in [1.29, 1.82) is 0 Å². The Morgan fingerprint density at radius 2 is 2.08 bits per heavy atom. The lowest BCUT2D eigenvalue weighted by Gasteiger charge is -2.34. The van der Waals surface area contributed by atoms with Crippen molar-refractivity contribution in [2.75, 3.05) is 52.4 Å². The van der Waals surface area contributed by atoms with Gasteiger partial charge in [0.1, 0.15) is 6.54 Å². The standard InChI is InChI=1S/C17H35N5O2/c1-5-7-19-16(23)11-21-17(18-6-2)20-10-15-13-22(8-9-24-15)12-14(3)4/h14-15H,5-13H2,1-4H3,(H,19,23)(H2,18,20,21). The molecule has 1 unspecified atom stereocenters. The third kappa shape index (κ3) is 9.08. The van der Waals surface area contributed by atoms with Gasteiger partial charge in [0.25, 0.3) is 0 Å². The highest BCUT2D eigenvalue weighted by Crippen LogP contribution is 2.07. The van der Waals surface area contributed by atoms with Gasteiger partial charge < -0.3 is 20.7 Å². The monoisotopic (exact) mass is 341 g/mol. The first-order valence-electron chi connectivity index (χ1n) is 9.17. The molecule has 0 radical (unpaired) electrons. The van der Waals surface area contributed by atoms with Crippen LogP contribution in [-0.4, -0.2) is 75.3 Å². The van der Waals surface area contributed by atoms with E-state index in [1.165, 1.54) is 0 Å². The Morgan fingerprint density at radius 3 is 2.75 bits per heavy atom. The molecule has 1 atom stereocenters. The van der Waals surface area contributed by atoms with Crippen LogP contribution in [0.1, 0.15) is 34.1 Å². The Hall–Kier alpha value is -1.34. The number of ether oxygens (including phenoxy) is 1. The van der Waals surface area contributed by atoms with Crippen molar-refractivity contribution in [3.05, 3.63) is 0 Å². The Bertz CT molecular complexity index is 387. The molecule has 0 aromatic carbocycles. The van der Waals surface area contributed by atoms with Crippen LogP contribution in [0.25, 0.3) is 0 Å². The molecule has 1 heterocycles. The summed E-state index contributed by atoms with van der Waals surface area (Å²) in [5.74, 6) is 1.28. The first kappa shape index (κ1) is 20.7. The molecule has 1 aliphatic heterocycles. The molecular formula is C17H35N5O2. The van der Waals surface area contributed by atoms with Crippen LogP contribution in [0, 0.1) is 5.92 Å². The van der Waals surface area contributed by atoms with E-state index in [0.717, 1.165) is 39.2 Å². The molecule has 0 bridgehead atoms. The molecule has 0 aromatic heterocycles. The molecule has 1 saturated heterocycles. The number of guanidine groups is 1. The zero-order valence-corrected chi connectivity index (χ0v) is 15.7. The maximum atomic E-state index is 11.7. The SMILES string of the molecule is CCCNC(=O)CN=C(NCC)NCC1CN(CC(C)C)CCO1. The minimum Gasteiger partial charge on any atom is -0.374 e. The molecule has 1 rings (SSSR count). The van der Waals surface area contributed by atoms with Crippen LogP contribution < -0.4 is 16.0 Å². The lowest BCUT2D eigenvalue weighted by Crippen LogP contribution is -2.50. The van der Waals surface area contributed by atoms with Crippen LogP contribution in [0.2, 0.25) is 0 Å². The second-order valence-electron chi connectivity index (χ2n) is 6.57. The first-order valence-corrected chi connectivity index (χ1v) is 9.17. The van der Waals surface area contributed by atoms with Crippen molar-refractivity contribution in [2.24, 2.45) is 10.9 Å². The maximum absolute atomic E-state index is 11.7. The number of amides is 1. The average molecular weight is 342 g/mol. The van der Waals surface area contributed by atoms with Crippen LogP contribution in [-0.2, 0) is 9.53 Å². The number of nitrogens with zero attached hydrogens (tertiary/aromatic N) is 2. The van der Waals surface area contributed by atoms with Gasteiger partial charge in [-0.2, -0.15) is 0 Å². The van der Waals surface area contributed by atoms with Crippen LogP contribution >= 0.6 is 0 Å². The van der Waals surface area contributed by atoms with Gasteiger partial charge in [-0.3, -0.25) is 9.69 Å². The normalized spacial score (nSPS) is 19.4. The predicted octanol–water partition coefficient (Wildman–Crippen LogP) is 0.425. The second-order valence-corrected chi connectivity index (χ2v) is 6.57. The largest absolute Gasteiger partial charge is 0.374 e. The molecule has 7 nitrogen and oxygen atoms in total. The lowest BCUT2D eigenvalue weighted by atomic mass is 10.2. The summed E-state index contributed by atoms with van der Waals surface area (Å²) in [5.41, 5.74) is 0. The molecule has 7 heteroatoms. The summed E-state index contributed by atoms with van der Waals surface area (Å²) in [4.78, 5) is 18.4. The van der Waals surface area contributed by atoms with E-state index in [4.69, 9.17) is 4.74 Å². The van der Waals surface area contributed by atoms with Gasteiger partial charge in [0.05, 0.1) is 12.7 Å². The number of carbonyl (C=O) groups excluding carboxylic acids is 1. The summed E-state index contributed by atoms with van der Waals surface area (Å²) in [6.45, 7) is 14.6. The summed E-state index contributed by atoms with van der Waals surface area (Å²) in [6.07, 6.45) is 1.08. The van der Waals surface area contributed by atoms with Gasteiger partial charge in [-0.05, 0) is 19.3 Å². The second kappa shape index (κ2) is 12.1. The van der Waals surface area contributed by atoms with Crippen molar-refractivity contribution in [2.45, 2.75) is 40.2 Å². The minimum atomic E-state index is -0.0499. The quantitative estimate of drug-likeness (QED) is 0.419. The van der Waals surface area contributed by atoms with E-state index < -0.39 is 0 Å². The minimum absolute atomic E-state index is 0.0499. The van der Waals surface area contributed by atoms with E-state index in [1.54, 1.807) is 0 Å². The average Bonchev–Trinajstić information content (AvgIpc) is 2.55. The molecule has 3 N–H and O–H groups in total. The van der Waals surface area contributed by atoms with Crippen LogP contribution in [0.5, 0.6) is 0 Å². The maximum Gasteiger partial charge on any atom is 0.241 e. The molecule has 24 heavy (non-hydrogen) atoms. The summed E-state index contributed by atoms with van der Waals surface area (Å²) < 4.78 is 5.83. The van der Waals surface area contributed by atoms with Crippen molar-refractivity contribution in [3.63, 3.8) is 0 Å². The Balaban J connectivity index is 2.40. The number of hydrogen-bond donors (Lipinski definition) is 3. The van der Waals surface area contributed by atoms with E-state index in [1.807, 2.05) is 13.8 Å². The third-order valence-corrected chi connectivity index (χ3v) is 3.64. The van der Waals surface area contributed by atoms with Gasteiger partial charge >= 0.3 is 0 Å². The Labute approximate surface area is 146 Å². The highest BCUT2D eigenvalue weighted by atomic mass is 16.5. The van der Waals surface area contributed by atoms with Crippen molar-refractivity contribution < 1.29 is 9.53 Å². The number of aliphatic imine (C=N–C) groups is 1. The molecule has 1 amide bonds. The molecule has 0 saturated carbocycles. The summed E-state index contributed by atoms with van der Waals surface area (Å²) in [7, 11) is 0. The predicted molar refractivity (Wildman–Crippen MR) is 98.3 cm³/mol. The zero-order chi connectivity index (χ0) is 17.8. The topological polar surface area (TPSA) is 78.0 Å². The van der Waals surface area contributed by atoms with Crippen molar-refractivity contribution in [3.8, 4) is 0 Å². The molecule has 0 aliphatic carbocycles. The fraction of sp³-hybridized carbons (Fsp3) is 0.882. The van der Waals surface area contributed by atoms with Gasteiger partial charge in [0, 0.05) is 39.3 Å². The van der Waals surface area contributed by atoms with E-state index in [-0.39, 0.29) is 18.6 Å². The van der Waals surface area contributed by atoms with E-state index >= 15 is 0 Å². The Morgan fingerprint density at radius 1 is 1.29 bits per heavy atom. The highest BCUT2D eigenvalue weighted by molar-refractivity contribution is 5.84. The number of hydrogen-bond acceptors (Lipinski definition) is 4. The molecule has 0 aromatic rings. The number of morpholine rings is 1.